The lowest BCUT2D eigenvalue weighted by Crippen LogP contribution is -2.37. The Bertz CT molecular complexity index is 631. The van der Waals surface area contributed by atoms with E-state index >= 15 is 0 Å². The largest absolute Gasteiger partial charge is 0.465 e. The van der Waals surface area contributed by atoms with Gasteiger partial charge in [0, 0.05) is 13.2 Å². The summed E-state index contributed by atoms with van der Waals surface area (Å²) in [4.78, 5) is 11.9. The molecule has 96 valence electrons. The quantitative estimate of drug-likeness (QED) is 0.820. The molecular weight excluding hydrogens is 242 g/mol. The van der Waals surface area contributed by atoms with E-state index in [4.69, 9.17) is 4.74 Å². The minimum atomic E-state index is -0.177. The van der Waals surface area contributed by atoms with E-state index in [-0.39, 0.29) is 12.5 Å². The monoisotopic (exact) mass is 255 g/mol. The topological polar surface area (TPSA) is 46.8 Å². The number of aryl methyl sites for hydroxylation is 1. The predicted octanol–water partition coefficient (Wildman–Crippen LogP) is 1.75. The van der Waals surface area contributed by atoms with Gasteiger partial charge in [-0.05, 0) is 24.3 Å². The van der Waals surface area contributed by atoms with Gasteiger partial charge in [-0.15, -0.1) is 5.10 Å². The smallest absolute Gasteiger partial charge is 0.285 e. The number of anilines is 1. The molecule has 1 aliphatic rings. The first kappa shape index (κ1) is 11.5. The number of aromatic nitrogens is 1. The number of amides is 1. The lowest BCUT2D eigenvalue weighted by molar-refractivity contribution is -0.121. The number of rotatable bonds is 2. The van der Waals surface area contributed by atoms with E-state index in [1.54, 1.807) is 0 Å². The van der Waals surface area contributed by atoms with Gasteiger partial charge >= 0.3 is 0 Å². The van der Waals surface area contributed by atoms with Crippen LogP contribution in [0.1, 0.15) is 5.69 Å². The molecule has 0 unspecified atom stereocenters. The molecule has 0 radical (unpaired) electrons. The highest BCUT2D eigenvalue weighted by atomic mass is 16.5. The zero-order valence-electron chi connectivity index (χ0n) is 10.5. The Labute approximate surface area is 110 Å². The summed E-state index contributed by atoms with van der Waals surface area (Å²) in [6.07, 6.45) is 1.91. The number of carbonyl (C=O) groups is 1. The van der Waals surface area contributed by atoms with E-state index < -0.39 is 0 Å². The highest BCUT2D eigenvalue weighted by molar-refractivity contribution is 6.03. The van der Waals surface area contributed by atoms with Crippen LogP contribution in [0.15, 0.2) is 53.8 Å². The average molecular weight is 255 g/mol. The molecule has 1 aromatic carbocycles. The molecule has 1 aromatic heterocycles. The third-order valence-corrected chi connectivity index (χ3v) is 2.92. The molecule has 0 saturated carbocycles. The highest BCUT2D eigenvalue weighted by Gasteiger charge is 2.24. The lowest BCUT2D eigenvalue weighted by Gasteiger charge is -2.23. The van der Waals surface area contributed by atoms with Crippen LogP contribution in [-0.4, -0.2) is 23.0 Å². The number of nitrogens with zero attached hydrogens (tertiary/aromatic N) is 3. The third-order valence-electron chi connectivity index (χ3n) is 2.92. The molecule has 0 spiro atoms. The molecule has 5 nitrogen and oxygen atoms in total. The summed E-state index contributed by atoms with van der Waals surface area (Å²) in [5.41, 5.74) is 1.58. The van der Waals surface area contributed by atoms with Crippen molar-refractivity contribution in [3.8, 4) is 0 Å². The second kappa shape index (κ2) is 4.61. The molecule has 0 aliphatic carbocycles. The van der Waals surface area contributed by atoms with E-state index in [2.05, 4.69) is 5.10 Å². The molecule has 5 heteroatoms. The number of ether oxygens (including phenoxy) is 1. The van der Waals surface area contributed by atoms with Crippen molar-refractivity contribution in [2.24, 2.45) is 12.1 Å². The molecule has 3 rings (SSSR count). The molecule has 0 fully saturated rings. The van der Waals surface area contributed by atoms with Crippen molar-refractivity contribution in [2.45, 2.75) is 0 Å². The average Bonchev–Trinajstić information content (AvgIpc) is 2.87. The van der Waals surface area contributed by atoms with Crippen molar-refractivity contribution in [1.29, 1.82) is 0 Å². The number of hydrogen-bond acceptors (Lipinski definition) is 3. The number of hydrogen-bond donors (Lipinski definition) is 0. The van der Waals surface area contributed by atoms with Crippen LogP contribution in [-0.2, 0) is 16.6 Å². The first-order valence-electron chi connectivity index (χ1n) is 5.97. The molecule has 0 atom stereocenters. The molecule has 2 aromatic rings. The Hall–Kier alpha value is -2.56. The van der Waals surface area contributed by atoms with Crippen LogP contribution < -0.4 is 5.01 Å². The van der Waals surface area contributed by atoms with Gasteiger partial charge in [-0.25, -0.2) is 0 Å². The van der Waals surface area contributed by atoms with Crippen LogP contribution in [0.5, 0.6) is 0 Å². The van der Waals surface area contributed by atoms with Crippen molar-refractivity contribution in [3.63, 3.8) is 0 Å². The standard InChI is InChI=1S/C14H13N3O2/c1-16-9-5-8-12(16)14-15-17(13(18)10-19-14)11-6-3-2-4-7-11/h2-9H,10H2,1H3. The fourth-order valence-corrected chi connectivity index (χ4v) is 1.95. The Kier molecular flexibility index (Phi) is 2.79. The molecular formula is C14H13N3O2. The molecule has 2 heterocycles. The van der Waals surface area contributed by atoms with E-state index in [1.165, 1.54) is 5.01 Å². The fourth-order valence-electron chi connectivity index (χ4n) is 1.95. The predicted molar refractivity (Wildman–Crippen MR) is 71.8 cm³/mol. The lowest BCUT2D eigenvalue weighted by atomic mass is 10.3. The van der Waals surface area contributed by atoms with Gasteiger partial charge < -0.3 is 9.30 Å². The summed E-state index contributed by atoms with van der Waals surface area (Å²) in [6.45, 7) is -0.00108. The van der Waals surface area contributed by atoms with E-state index in [0.717, 1.165) is 11.4 Å². The van der Waals surface area contributed by atoms with Crippen LogP contribution in [0.25, 0.3) is 0 Å². The number of para-hydroxylation sites is 1. The SMILES string of the molecule is Cn1cccc1C1=NN(c2ccccc2)C(=O)CO1. The molecule has 0 N–H and O–H groups in total. The molecule has 0 bridgehead atoms. The summed E-state index contributed by atoms with van der Waals surface area (Å²) in [6, 6.07) is 13.1. The van der Waals surface area contributed by atoms with Crippen molar-refractivity contribution < 1.29 is 9.53 Å². The Balaban J connectivity index is 2.00. The summed E-state index contributed by atoms with van der Waals surface area (Å²) in [7, 11) is 1.91. The number of hydrazone groups is 1. The van der Waals surface area contributed by atoms with E-state index in [9.17, 15) is 4.79 Å². The van der Waals surface area contributed by atoms with Gasteiger partial charge in [0.05, 0.1) is 5.69 Å². The van der Waals surface area contributed by atoms with Gasteiger partial charge in [-0.3, -0.25) is 4.79 Å². The fraction of sp³-hybridized carbons (Fsp3) is 0.143. The van der Waals surface area contributed by atoms with Gasteiger partial charge in [0.2, 0.25) is 0 Å². The van der Waals surface area contributed by atoms with Crippen molar-refractivity contribution in [2.75, 3.05) is 11.6 Å². The molecule has 1 aliphatic heterocycles. The zero-order valence-corrected chi connectivity index (χ0v) is 10.5. The Morgan fingerprint density at radius 2 is 1.95 bits per heavy atom. The second-order valence-corrected chi connectivity index (χ2v) is 4.24. The maximum absolute atomic E-state index is 11.9. The minimum Gasteiger partial charge on any atom is -0.465 e. The summed E-state index contributed by atoms with van der Waals surface area (Å²) in [5.74, 6) is 0.278. The molecule has 0 saturated heterocycles. The van der Waals surface area contributed by atoms with Crippen molar-refractivity contribution >= 4 is 17.5 Å². The van der Waals surface area contributed by atoms with Crippen molar-refractivity contribution in [3.05, 3.63) is 54.4 Å². The Morgan fingerprint density at radius 1 is 1.16 bits per heavy atom. The zero-order chi connectivity index (χ0) is 13.2. The van der Waals surface area contributed by atoms with Crippen LogP contribution in [0.3, 0.4) is 0 Å². The number of benzene rings is 1. The summed E-state index contributed by atoms with van der Waals surface area (Å²) < 4.78 is 7.31. The maximum Gasteiger partial charge on any atom is 0.285 e. The summed E-state index contributed by atoms with van der Waals surface area (Å²) in [5, 5.41) is 5.67. The normalized spacial score (nSPS) is 15.1. The highest BCUT2D eigenvalue weighted by Crippen LogP contribution is 2.18. The third kappa shape index (κ3) is 2.10. The minimum absolute atomic E-state index is 0.00108. The van der Waals surface area contributed by atoms with Crippen molar-refractivity contribution in [1.82, 2.24) is 4.57 Å². The van der Waals surface area contributed by atoms with Crippen LogP contribution in [0, 0.1) is 0 Å². The van der Waals surface area contributed by atoms with E-state index in [1.807, 2.05) is 60.3 Å². The van der Waals surface area contributed by atoms with Gasteiger partial charge in [0.1, 0.15) is 5.69 Å². The van der Waals surface area contributed by atoms with Gasteiger partial charge in [-0.2, -0.15) is 5.01 Å². The first-order chi connectivity index (χ1) is 9.25. The first-order valence-corrected chi connectivity index (χ1v) is 5.97. The molecule has 19 heavy (non-hydrogen) atoms. The van der Waals surface area contributed by atoms with Crippen LogP contribution in [0.4, 0.5) is 5.69 Å². The van der Waals surface area contributed by atoms with Gasteiger partial charge in [-0.1, -0.05) is 18.2 Å². The second-order valence-electron chi connectivity index (χ2n) is 4.24. The maximum atomic E-state index is 11.9. The van der Waals surface area contributed by atoms with Gasteiger partial charge in [0.15, 0.2) is 6.61 Å². The van der Waals surface area contributed by atoms with Gasteiger partial charge in [0.25, 0.3) is 11.8 Å². The van der Waals surface area contributed by atoms with Crippen LogP contribution >= 0.6 is 0 Å². The van der Waals surface area contributed by atoms with Crippen LogP contribution in [0.2, 0.25) is 0 Å². The Morgan fingerprint density at radius 3 is 2.63 bits per heavy atom. The summed E-state index contributed by atoms with van der Waals surface area (Å²) >= 11 is 0. The number of carbonyl (C=O) groups excluding carboxylic acids is 1. The van der Waals surface area contributed by atoms with E-state index in [0.29, 0.717) is 5.90 Å². The molecule has 1 amide bonds.